The quantitative estimate of drug-likeness (QED) is 0.881. The van der Waals surface area contributed by atoms with Gasteiger partial charge in [0.25, 0.3) is 0 Å². The van der Waals surface area contributed by atoms with Gasteiger partial charge in [-0.15, -0.1) is 0 Å². The molecule has 0 saturated carbocycles. The van der Waals surface area contributed by atoms with Gasteiger partial charge in [-0.05, 0) is 52.7 Å². The number of nitriles is 1. The lowest BCUT2D eigenvalue weighted by atomic mass is 10.2. The fourth-order valence-corrected chi connectivity index (χ4v) is 1.77. The first-order valence-corrected chi connectivity index (χ1v) is 6.58. The van der Waals surface area contributed by atoms with Crippen LogP contribution < -0.4 is 10.6 Å². The molecule has 20 heavy (non-hydrogen) atoms. The van der Waals surface area contributed by atoms with Crippen molar-refractivity contribution in [2.45, 2.75) is 6.92 Å². The summed E-state index contributed by atoms with van der Waals surface area (Å²) < 4.78 is 0.880. The summed E-state index contributed by atoms with van der Waals surface area (Å²) in [6.45, 7) is 1.91. The number of carbonyl (C=O) groups excluding carboxylic acids is 1. The maximum Gasteiger partial charge on any atom is 0.324 e. The molecule has 0 spiro atoms. The number of anilines is 2. The maximum atomic E-state index is 11.8. The summed E-state index contributed by atoms with van der Waals surface area (Å²) in [6.07, 6.45) is 1.63. The third-order valence-electron chi connectivity index (χ3n) is 2.54. The molecule has 5 nitrogen and oxygen atoms in total. The second-order valence-corrected chi connectivity index (χ2v) is 4.94. The molecule has 0 saturated heterocycles. The average Bonchev–Trinajstić information content (AvgIpc) is 2.43. The van der Waals surface area contributed by atoms with Crippen molar-refractivity contribution in [2.24, 2.45) is 0 Å². The lowest BCUT2D eigenvalue weighted by Crippen LogP contribution is -2.20. The van der Waals surface area contributed by atoms with E-state index in [4.69, 9.17) is 5.26 Å². The lowest BCUT2D eigenvalue weighted by Gasteiger charge is -2.08. The van der Waals surface area contributed by atoms with Crippen LogP contribution in [0.5, 0.6) is 0 Å². The Morgan fingerprint density at radius 3 is 2.85 bits per heavy atom. The van der Waals surface area contributed by atoms with Crippen molar-refractivity contribution >= 4 is 33.5 Å². The van der Waals surface area contributed by atoms with Gasteiger partial charge in [0.15, 0.2) is 0 Å². The highest BCUT2D eigenvalue weighted by molar-refractivity contribution is 9.10. The normalized spacial score (nSPS) is 9.65. The molecule has 0 aliphatic heterocycles. The van der Waals surface area contributed by atoms with E-state index in [9.17, 15) is 4.79 Å². The number of nitrogens with zero attached hydrogens (tertiary/aromatic N) is 2. The molecule has 0 unspecified atom stereocenters. The molecule has 2 N–H and O–H groups in total. The van der Waals surface area contributed by atoms with Crippen LogP contribution in [0.2, 0.25) is 0 Å². The lowest BCUT2D eigenvalue weighted by molar-refractivity contribution is 0.262. The molecule has 0 fully saturated rings. The Bertz CT molecular complexity index is 694. The van der Waals surface area contributed by atoms with Gasteiger partial charge in [-0.2, -0.15) is 5.26 Å². The molecular weight excluding hydrogens is 320 g/mol. The zero-order valence-corrected chi connectivity index (χ0v) is 12.2. The minimum atomic E-state index is -0.408. The van der Waals surface area contributed by atoms with E-state index in [2.05, 4.69) is 31.5 Å². The smallest absolute Gasteiger partial charge is 0.308 e. The van der Waals surface area contributed by atoms with Gasteiger partial charge in [0.05, 0.1) is 11.6 Å². The standard InChI is InChI=1S/C14H11BrN4O/c1-9-5-13(17-8-12(9)15)19-14(20)18-11-4-2-3-10(6-11)7-16/h2-6,8H,1H3,(H2,17,18,19,20). The van der Waals surface area contributed by atoms with Crippen molar-refractivity contribution in [1.29, 1.82) is 5.26 Å². The highest BCUT2D eigenvalue weighted by Crippen LogP contribution is 2.17. The number of amides is 2. The van der Waals surface area contributed by atoms with Gasteiger partial charge in [-0.3, -0.25) is 5.32 Å². The van der Waals surface area contributed by atoms with Crippen molar-refractivity contribution in [3.8, 4) is 6.07 Å². The van der Waals surface area contributed by atoms with Gasteiger partial charge in [0.1, 0.15) is 5.82 Å². The first-order valence-electron chi connectivity index (χ1n) is 5.79. The summed E-state index contributed by atoms with van der Waals surface area (Å²) >= 11 is 3.34. The van der Waals surface area contributed by atoms with Crippen LogP contribution in [0.3, 0.4) is 0 Å². The Hall–Kier alpha value is -2.39. The van der Waals surface area contributed by atoms with Crippen LogP contribution >= 0.6 is 15.9 Å². The Kier molecular flexibility index (Phi) is 4.33. The fraction of sp³-hybridized carbons (Fsp3) is 0.0714. The van der Waals surface area contributed by atoms with E-state index < -0.39 is 6.03 Å². The number of aromatic nitrogens is 1. The molecule has 1 aromatic carbocycles. The van der Waals surface area contributed by atoms with Crippen LogP contribution in [0.1, 0.15) is 11.1 Å². The second kappa shape index (κ2) is 6.17. The molecule has 1 heterocycles. The van der Waals surface area contributed by atoms with E-state index in [-0.39, 0.29) is 0 Å². The zero-order chi connectivity index (χ0) is 14.5. The summed E-state index contributed by atoms with van der Waals surface area (Å²) in [5, 5.41) is 14.1. The van der Waals surface area contributed by atoms with E-state index in [1.165, 1.54) is 0 Å². The molecule has 6 heteroatoms. The van der Waals surface area contributed by atoms with Crippen LogP contribution in [-0.2, 0) is 0 Å². The summed E-state index contributed by atoms with van der Waals surface area (Å²) in [5.74, 6) is 0.458. The highest BCUT2D eigenvalue weighted by Gasteiger charge is 2.05. The van der Waals surface area contributed by atoms with E-state index in [1.54, 1.807) is 36.5 Å². The van der Waals surface area contributed by atoms with Gasteiger partial charge in [-0.25, -0.2) is 9.78 Å². The second-order valence-electron chi connectivity index (χ2n) is 4.09. The van der Waals surface area contributed by atoms with Crippen molar-refractivity contribution in [3.63, 3.8) is 0 Å². The van der Waals surface area contributed by atoms with Gasteiger partial charge >= 0.3 is 6.03 Å². The maximum absolute atomic E-state index is 11.8. The zero-order valence-electron chi connectivity index (χ0n) is 10.6. The van der Waals surface area contributed by atoms with Crippen molar-refractivity contribution in [2.75, 3.05) is 10.6 Å². The molecule has 1 aromatic heterocycles. The number of benzene rings is 1. The molecular formula is C14H11BrN4O. The van der Waals surface area contributed by atoms with Gasteiger partial charge in [0.2, 0.25) is 0 Å². The number of halogens is 1. The number of pyridine rings is 1. The molecule has 0 atom stereocenters. The Morgan fingerprint density at radius 1 is 1.35 bits per heavy atom. The van der Waals surface area contributed by atoms with E-state index >= 15 is 0 Å². The topological polar surface area (TPSA) is 77.8 Å². The number of nitrogens with one attached hydrogen (secondary N) is 2. The van der Waals surface area contributed by atoms with Crippen LogP contribution in [-0.4, -0.2) is 11.0 Å². The third-order valence-corrected chi connectivity index (χ3v) is 3.37. The number of rotatable bonds is 2. The van der Waals surface area contributed by atoms with Gasteiger partial charge in [-0.1, -0.05) is 6.07 Å². The minimum Gasteiger partial charge on any atom is -0.308 e. The first-order chi connectivity index (χ1) is 9.58. The van der Waals surface area contributed by atoms with Crippen LogP contribution in [0, 0.1) is 18.3 Å². The summed E-state index contributed by atoms with van der Waals surface area (Å²) in [4.78, 5) is 15.9. The third kappa shape index (κ3) is 3.56. The molecule has 0 aliphatic rings. The predicted molar refractivity (Wildman–Crippen MR) is 80.5 cm³/mol. The fourth-order valence-electron chi connectivity index (χ4n) is 1.55. The summed E-state index contributed by atoms with van der Waals surface area (Å²) in [6, 6.07) is 10.0. The Labute approximate surface area is 124 Å². The number of hydrogen-bond acceptors (Lipinski definition) is 3. The highest BCUT2D eigenvalue weighted by atomic mass is 79.9. The predicted octanol–water partition coefficient (Wildman–Crippen LogP) is 3.67. The van der Waals surface area contributed by atoms with Crippen LogP contribution in [0.15, 0.2) is 41.0 Å². The van der Waals surface area contributed by atoms with Crippen LogP contribution in [0.4, 0.5) is 16.3 Å². The minimum absolute atomic E-state index is 0.408. The Balaban J connectivity index is 2.05. The summed E-state index contributed by atoms with van der Waals surface area (Å²) in [5.41, 5.74) is 2.01. The average molecular weight is 331 g/mol. The first kappa shape index (κ1) is 14.0. The number of urea groups is 1. The van der Waals surface area contributed by atoms with Crippen molar-refractivity contribution in [1.82, 2.24) is 4.98 Å². The molecule has 0 aliphatic carbocycles. The van der Waals surface area contributed by atoms with Crippen LogP contribution in [0.25, 0.3) is 0 Å². The monoisotopic (exact) mass is 330 g/mol. The number of aryl methyl sites for hydroxylation is 1. The van der Waals surface area contributed by atoms with E-state index in [0.717, 1.165) is 10.0 Å². The van der Waals surface area contributed by atoms with Crippen molar-refractivity contribution in [3.05, 3.63) is 52.1 Å². The summed E-state index contributed by atoms with van der Waals surface area (Å²) in [7, 11) is 0. The van der Waals surface area contributed by atoms with Gasteiger partial charge < -0.3 is 5.32 Å². The molecule has 0 radical (unpaired) electrons. The SMILES string of the molecule is Cc1cc(NC(=O)Nc2cccc(C#N)c2)ncc1Br. The molecule has 0 bridgehead atoms. The largest absolute Gasteiger partial charge is 0.324 e. The van der Waals surface area contributed by atoms with Crippen molar-refractivity contribution < 1.29 is 4.79 Å². The molecule has 2 aromatic rings. The number of carbonyl (C=O) groups is 1. The molecule has 2 amide bonds. The number of hydrogen-bond donors (Lipinski definition) is 2. The molecule has 100 valence electrons. The van der Waals surface area contributed by atoms with E-state index in [1.807, 2.05) is 13.0 Å². The Morgan fingerprint density at radius 2 is 2.15 bits per heavy atom. The van der Waals surface area contributed by atoms with E-state index in [0.29, 0.717) is 17.1 Å². The molecule has 2 rings (SSSR count). The van der Waals surface area contributed by atoms with Gasteiger partial charge in [0, 0.05) is 16.4 Å².